The molecule has 3 aromatic rings. The number of benzene rings is 1. The molecule has 29 heavy (non-hydrogen) atoms. The van der Waals surface area contributed by atoms with Crippen molar-refractivity contribution in [1.29, 1.82) is 0 Å². The topological polar surface area (TPSA) is 72.7 Å². The van der Waals surface area contributed by atoms with Crippen molar-refractivity contribution < 1.29 is 14.3 Å². The van der Waals surface area contributed by atoms with Crippen molar-refractivity contribution in [3.05, 3.63) is 29.5 Å². The van der Waals surface area contributed by atoms with Crippen molar-refractivity contribution in [3.8, 4) is 11.6 Å². The van der Waals surface area contributed by atoms with Gasteiger partial charge in [-0.15, -0.1) is 5.10 Å². The number of rotatable bonds is 8. The number of aryl methyl sites for hydroxylation is 2. The third kappa shape index (κ3) is 4.35. The fourth-order valence-electron chi connectivity index (χ4n) is 3.12. The summed E-state index contributed by atoms with van der Waals surface area (Å²) in [5.74, 6) is 0.835. The Labute approximate surface area is 174 Å². The van der Waals surface area contributed by atoms with Gasteiger partial charge in [-0.1, -0.05) is 17.4 Å². The number of aromatic nitrogens is 3. The molecule has 0 bridgehead atoms. The van der Waals surface area contributed by atoms with E-state index in [0.717, 1.165) is 28.7 Å². The van der Waals surface area contributed by atoms with Gasteiger partial charge in [0.05, 0.1) is 18.9 Å². The Morgan fingerprint density at radius 3 is 2.62 bits per heavy atom. The van der Waals surface area contributed by atoms with Crippen LogP contribution < -0.4 is 14.4 Å². The van der Waals surface area contributed by atoms with Gasteiger partial charge < -0.3 is 14.4 Å². The molecule has 0 atom stereocenters. The van der Waals surface area contributed by atoms with E-state index in [1.807, 2.05) is 33.2 Å². The third-order valence-corrected chi connectivity index (χ3v) is 5.81. The van der Waals surface area contributed by atoms with Crippen molar-refractivity contribution in [1.82, 2.24) is 19.7 Å². The lowest BCUT2D eigenvalue weighted by Gasteiger charge is -2.20. The van der Waals surface area contributed by atoms with Crippen LogP contribution in [-0.4, -0.2) is 67.0 Å². The molecule has 1 aromatic carbocycles. The summed E-state index contributed by atoms with van der Waals surface area (Å²) in [7, 11) is 8.94. The maximum Gasteiger partial charge on any atom is 0.267 e. The summed E-state index contributed by atoms with van der Waals surface area (Å²) < 4.78 is 13.4. The van der Waals surface area contributed by atoms with E-state index in [9.17, 15) is 4.79 Å². The van der Waals surface area contributed by atoms with Gasteiger partial charge in [0.1, 0.15) is 16.8 Å². The lowest BCUT2D eigenvalue weighted by Crippen LogP contribution is -2.33. The Balaban J connectivity index is 2.04. The average Bonchev–Trinajstić information content (AvgIpc) is 3.29. The first-order valence-corrected chi connectivity index (χ1v) is 10.2. The van der Waals surface area contributed by atoms with Crippen LogP contribution in [0.5, 0.6) is 11.6 Å². The number of carbonyl (C=O) groups is 1. The lowest BCUT2D eigenvalue weighted by molar-refractivity contribution is 0.0983. The minimum Gasteiger partial charge on any atom is -0.494 e. The number of nitrogens with zero attached hydrogens (tertiary/aromatic N) is 5. The smallest absolute Gasteiger partial charge is 0.267 e. The Kier molecular flexibility index (Phi) is 6.39. The molecule has 0 saturated carbocycles. The van der Waals surface area contributed by atoms with Crippen LogP contribution in [0.3, 0.4) is 0 Å². The molecule has 0 saturated heterocycles. The van der Waals surface area contributed by atoms with E-state index in [1.54, 1.807) is 29.9 Å². The van der Waals surface area contributed by atoms with Gasteiger partial charge in [-0.25, -0.2) is 4.98 Å². The summed E-state index contributed by atoms with van der Waals surface area (Å²) in [6.07, 6.45) is 2.49. The number of ether oxygens (including phenoxy) is 2. The Morgan fingerprint density at radius 1 is 1.21 bits per heavy atom. The molecule has 2 heterocycles. The number of fused-ring (bicyclic) bond motifs is 1. The minimum atomic E-state index is -0.176. The molecule has 0 N–H and O–H groups in total. The molecular formula is C20H27N5O3S. The first-order valence-electron chi connectivity index (χ1n) is 9.34. The summed E-state index contributed by atoms with van der Waals surface area (Å²) in [4.78, 5) is 22.0. The van der Waals surface area contributed by atoms with Crippen LogP contribution >= 0.6 is 11.3 Å². The van der Waals surface area contributed by atoms with Gasteiger partial charge in [0, 0.05) is 19.8 Å². The van der Waals surface area contributed by atoms with Crippen LogP contribution in [0.25, 0.3) is 10.2 Å². The number of carbonyl (C=O) groups excluding carboxylic acids is 1. The monoisotopic (exact) mass is 417 g/mol. The maximum atomic E-state index is 13.4. The Hall–Kier alpha value is -2.65. The van der Waals surface area contributed by atoms with Crippen LogP contribution in [0.2, 0.25) is 0 Å². The van der Waals surface area contributed by atoms with Crippen molar-refractivity contribution in [2.45, 2.75) is 13.3 Å². The number of hydrogen-bond donors (Lipinski definition) is 0. The predicted molar refractivity (Wildman–Crippen MR) is 116 cm³/mol. The molecule has 3 rings (SSSR count). The maximum absolute atomic E-state index is 13.4. The summed E-state index contributed by atoms with van der Waals surface area (Å²) >= 11 is 1.50. The van der Waals surface area contributed by atoms with Gasteiger partial charge in [0.15, 0.2) is 5.13 Å². The van der Waals surface area contributed by atoms with E-state index < -0.39 is 0 Å². The van der Waals surface area contributed by atoms with Gasteiger partial charge in [0.2, 0.25) is 5.88 Å². The number of anilines is 1. The average molecular weight is 418 g/mol. The molecule has 156 valence electrons. The normalized spacial score (nSPS) is 11.3. The zero-order chi connectivity index (χ0) is 21.1. The molecule has 0 aliphatic rings. The molecular weight excluding hydrogens is 390 g/mol. The zero-order valence-electron chi connectivity index (χ0n) is 17.7. The molecule has 0 fully saturated rings. The van der Waals surface area contributed by atoms with Crippen LogP contribution in [0, 0.1) is 6.92 Å². The van der Waals surface area contributed by atoms with Crippen LogP contribution in [-0.2, 0) is 7.05 Å². The minimum absolute atomic E-state index is 0.176. The number of thiazole rings is 1. The van der Waals surface area contributed by atoms with E-state index in [1.165, 1.54) is 18.4 Å². The largest absolute Gasteiger partial charge is 0.494 e. The van der Waals surface area contributed by atoms with Gasteiger partial charge >= 0.3 is 0 Å². The molecule has 1 amide bonds. The molecule has 0 spiro atoms. The van der Waals surface area contributed by atoms with E-state index in [4.69, 9.17) is 14.5 Å². The predicted octanol–water partition coefficient (Wildman–Crippen LogP) is 2.95. The van der Waals surface area contributed by atoms with Crippen molar-refractivity contribution in [2.24, 2.45) is 7.05 Å². The van der Waals surface area contributed by atoms with Crippen molar-refractivity contribution in [2.75, 3.05) is 46.3 Å². The first-order chi connectivity index (χ1) is 13.8. The van der Waals surface area contributed by atoms with Crippen molar-refractivity contribution >= 4 is 32.6 Å². The molecule has 0 unspecified atom stereocenters. The zero-order valence-corrected chi connectivity index (χ0v) is 18.5. The number of amides is 1. The second-order valence-electron chi connectivity index (χ2n) is 7.10. The summed E-state index contributed by atoms with van der Waals surface area (Å²) in [6, 6.07) is 3.91. The number of hydrogen-bond acceptors (Lipinski definition) is 7. The third-order valence-electron chi connectivity index (χ3n) is 4.59. The fraction of sp³-hybridized carbons (Fsp3) is 0.450. The highest BCUT2D eigenvalue weighted by atomic mass is 32.1. The van der Waals surface area contributed by atoms with Crippen molar-refractivity contribution in [3.63, 3.8) is 0 Å². The molecule has 0 aliphatic heterocycles. The van der Waals surface area contributed by atoms with Crippen LogP contribution in [0.15, 0.2) is 18.3 Å². The van der Waals surface area contributed by atoms with E-state index >= 15 is 0 Å². The highest BCUT2D eigenvalue weighted by Gasteiger charge is 2.26. The Morgan fingerprint density at radius 2 is 1.97 bits per heavy atom. The molecule has 8 nitrogen and oxygen atoms in total. The van der Waals surface area contributed by atoms with Gasteiger partial charge in [0.25, 0.3) is 5.91 Å². The van der Waals surface area contributed by atoms with Gasteiger partial charge in [-0.2, -0.15) is 0 Å². The molecule has 9 heteroatoms. The van der Waals surface area contributed by atoms with Gasteiger partial charge in [-0.05, 0) is 45.6 Å². The lowest BCUT2D eigenvalue weighted by atomic mass is 10.2. The second kappa shape index (κ2) is 8.79. The molecule has 0 aliphatic carbocycles. The second-order valence-corrected chi connectivity index (χ2v) is 8.08. The fourth-order valence-corrected chi connectivity index (χ4v) is 4.19. The highest BCUT2D eigenvalue weighted by molar-refractivity contribution is 7.22. The van der Waals surface area contributed by atoms with Crippen LogP contribution in [0.4, 0.5) is 5.13 Å². The highest BCUT2D eigenvalue weighted by Crippen LogP contribution is 2.37. The summed E-state index contributed by atoms with van der Waals surface area (Å²) in [6.45, 7) is 3.43. The SMILES string of the molecule is COc1nn(C)cc1C(=O)N(CCCN(C)C)c1nc2c(OC)ccc(C)c2s1. The molecule has 2 aromatic heterocycles. The van der Waals surface area contributed by atoms with E-state index in [0.29, 0.717) is 28.9 Å². The quantitative estimate of drug-likeness (QED) is 0.561. The van der Waals surface area contributed by atoms with Gasteiger partial charge in [-0.3, -0.25) is 14.4 Å². The van der Waals surface area contributed by atoms with Crippen LogP contribution in [0.1, 0.15) is 22.3 Å². The summed E-state index contributed by atoms with van der Waals surface area (Å²) in [5.41, 5.74) is 2.29. The number of methoxy groups -OCH3 is 2. The van der Waals surface area contributed by atoms with E-state index in [2.05, 4.69) is 10.00 Å². The summed E-state index contributed by atoms with van der Waals surface area (Å²) in [5, 5.41) is 4.86. The standard InChI is InChI=1S/C20H27N5O3S/c1-13-8-9-15(27-5)16-17(13)29-20(21-16)25(11-7-10-23(2)3)19(26)14-12-24(4)22-18(14)28-6/h8-9,12H,7,10-11H2,1-6H3. The Bertz CT molecular complexity index is 1010. The van der Waals surface area contributed by atoms with E-state index in [-0.39, 0.29) is 5.91 Å². The molecule has 0 radical (unpaired) electrons. The first kappa shape index (κ1) is 21.1.